The molecule has 2 aliphatic carbocycles. The topological polar surface area (TPSA) is 66.5 Å². The third-order valence-corrected chi connectivity index (χ3v) is 5.95. The molecule has 1 aromatic carbocycles. The molecule has 0 radical (unpaired) electrons. The van der Waals surface area contributed by atoms with Crippen molar-refractivity contribution < 1.29 is 14.4 Å². The van der Waals surface area contributed by atoms with E-state index in [0.717, 1.165) is 14.9 Å². The number of amides is 3. The summed E-state index contributed by atoms with van der Waals surface area (Å²) in [7, 11) is 0. The highest BCUT2D eigenvalue weighted by molar-refractivity contribution is 14.1. The lowest BCUT2D eigenvalue weighted by molar-refractivity contribution is -0.143. The van der Waals surface area contributed by atoms with E-state index in [-0.39, 0.29) is 47.9 Å². The molecule has 6 heteroatoms. The first-order valence-corrected chi connectivity index (χ1v) is 8.72. The molecule has 4 rings (SSSR count). The van der Waals surface area contributed by atoms with Crippen molar-refractivity contribution >= 4 is 46.0 Å². The second kappa shape index (κ2) is 5.43. The van der Waals surface area contributed by atoms with E-state index in [9.17, 15) is 14.4 Å². The van der Waals surface area contributed by atoms with E-state index in [1.165, 1.54) is 0 Å². The second-order valence-electron chi connectivity index (χ2n) is 6.29. The minimum Gasteiger partial charge on any atom is -0.324 e. The third kappa shape index (κ3) is 2.31. The van der Waals surface area contributed by atoms with Gasteiger partial charge in [-0.05, 0) is 53.0 Å². The number of hydrogen-bond acceptors (Lipinski definition) is 3. The summed E-state index contributed by atoms with van der Waals surface area (Å²) in [5.74, 6) is -0.862. The number of benzene rings is 1. The number of nitrogens with one attached hydrogen (secondary N) is 1. The summed E-state index contributed by atoms with van der Waals surface area (Å²) < 4.78 is 0.914. The number of para-hydroxylation sites is 1. The zero-order chi connectivity index (χ0) is 16.1. The number of carbonyl (C=O) groups excluding carboxylic acids is 3. The first kappa shape index (κ1) is 14.9. The summed E-state index contributed by atoms with van der Waals surface area (Å²) in [6.45, 7) is -0.199. The van der Waals surface area contributed by atoms with Gasteiger partial charge in [0.15, 0.2) is 0 Å². The number of anilines is 1. The maximum atomic E-state index is 12.5. The van der Waals surface area contributed by atoms with Gasteiger partial charge in [-0.1, -0.05) is 24.3 Å². The predicted octanol–water partition coefficient (Wildman–Crippen LogP) is 2.04. The molecular weight excluding hydrogens is 407 g/mol. The first-order chi connectivity index (χ1) is 11.1. The molecule has 1 saturated heterocycles. The molecule has 2 bridgehead atoms. The minimum absolute atomic E-state index is 0.171. The molecule has 5 nitrogen and oxygen atoms in total. The smallest absolute Gasteiger partial charge is 0.244 e. The molecule has 1 heterocycles. The van der Waals surface area contributed by atoms with Gasteiger partial charge in [0.2, 0.25) is 17.7 Å². The molecule has 0 aromatic heterocycles. The Kier molecular flexibility index (Phi) is 3.51. The maximum absolute atomic E-state index is 12.5. The van der Waals surface area contributed by atoms with Crippen LogP contribution >= 0.6 is 22.6 Å². The quantitative estimate of drug-likeness (QED) is 0.461. The maximum Gasteiger partial charge on any atom is 0.244 e. The van der Waals surface area contributed by atoms with Crippen LogP contribution in [-0.2, 0) is 14.4 Å². The van der Waals surface area contributed by atoms with Gasteiger partial charge in [0.05, 0.1) is 17.5 Å². The van der Waals surface area contributed by atoms with Crippen LogP contribution < -0.4 is 5.32 Å². The molecular formula is C17H15IN2O3. The Morgan fingerprint density at radius 1 is 1.13 bits per heavy atom. The lowest BCUT2D eigenvalue weighted by Crippen LogP contribution is -2.39. The number of imide groups is 1. The molecule has 1 N–H and O–H groups in total. The van der Waals surface area contributed by atoms with E-state index >= 15 is 0 Å². The third-order valence-electron chi connectivity index (χ3n) is 5.01. The summed E-state index contributed by atoms with van der Waals surface area (Å²) in [5, 5.41) is 2.77. The van der Waals surface area contributed by atoms with Crippen molar-refractivity contribution in [1.29, 1.82) is 0 Å². The summed E-state index contributed by atoms with van der Waals surface area (Å²) in [6.07, 6.45) is 4.99. The van der Waals surface area contributed by atoms with E-state index in [0.29, 0.717) is 5.69 Å². The van der Waals surface area contributed by atoms with Crippen molar-refractivity contribution in [2.75, 3.05) is 11.9 Å². The van der Waals surface area contributed by atoms with Gasteiger partial charge in [-0.25, -0.2) is 0 Å². The Labute approximate surface area is 147 Å². The Balaban J connectivity index is 1.48. The Hall–Kier alpha value is -1.70. The molecule has 0 unspecified atom stereocenters. The number of likely N-dealkylation sites (tertiary alicyclic amines) is 1. The highest BCUT2D eigenvalue weighted by Gasteiger charge is 2.59. The molecule has 1 aliphatic heterocycles. The number of nitrogens with zero attached hydrogens (tertiary/aromatic N) is 1. The summed E-state index contributed by atoms with van der Waals surface area (Å²) >= 11 is 2.13. The molecule has 3 amide bonds. The number of hydrogen-bond donors (Lipinski definition) is 1. The predicted molar refractivity (Wildman–Crippen MR) is 92.2 cm³/mol. The van der Waals surface area contributed by atoms with Crippen LogP contribution in [0.15, 0.2) is 36.4 Å². The van der Waals surface area contributed by atoms with Gasteiger partial charge in [-0.2, -0.15) is 0 Å². The summed E-state index contributed by atoms with van der Waals surface area (Å²) in [5.41, 5.74) is 0.694. The van der Waals surface area contributed by atoms with Gasteiger partial charge in [0.1, 0.15) is 6.54 Å². The monoisotopic (exact) mass is 422 g/mol. The largest absolute Gasteiger partial charge is 0.324 e. The highest BCUT2D eigenvalue weighted by atomic mass is 127. The van der Waals surface area contributed by atoms with Gasteiger partial charge >= 0.3 is 0 Å². The Morgan fingerprint density at radius 3 is 2.35 bits per heavy atom. The lowest BCUT2D eigenvalue weighted by atomic mass is 9.85. The van der Waals surface area contributed by atoms with Crippen LogP contribution in [0.1, 0.15) is 6.42 Å². The average molecular weight is 422 g/mol. The van der Waals surface area contributed by atoms with Gasteiger partial charge in [0, 0.05) is 3.57 Å². The minimum atomic E-state index is -0.337. The molecule has 4 atom stereocenters. The number of rotatable bonds is 3. The fourth-order valence-corrected chi connectivity index (χ4v) is 4.54. The zero-order valence-corrected chi connectivity index (χ0v) is 14.4. The van der Waals surface area contributed by atoms with E-state index in [2.05, 4.69) is 27.9 Å². The van der Waals surface area contributed by atoms with Crippen molar-refractivity contribution in [2.45, 2.75) is 6.42 Å². The molecule has 2 fully saturated rings. The summed E-state index contributed by atoms with van der Waals surface area (Å²) in [6, 6.07) is 7.40. The van der Waals surface area contributed by atoms with Crippen LogP contribution in [-0.4, -0.2) is 29.2 Å². The van der Waals surface area contributed by atoms with Crippen LogP contribution in [0.25, 0.3) is 0 Å². The van der Waals surface area contributed by atoms with E-state index < -0.39 is 0 Å². The molecule has 118 valence electrons. The standard InChI is InChI=1S/C17H15IN2O3/c18-11-3-1-2-4-12(11)19-13(21)8-20-16(22)14-9-5-6-10(7-9)15(14)17(20)23/h1-6,9-10,14-15H,7-8H2,(H,19,21)/t9-,10-,14-,15+/m0/s1. The number of allylic oxidation sites excluding steroid dienone is 2. The number of fused-ring (bicyclic) bond motifs is 5. The van der Waals surface area contributed by atoms with Crippen LogP contribution in [0.5, 0.6) is 0 Å². The van der Waals surface area contributed by atoms with Gasteiger partial charge in [-0.15, -0.1) is 0 Å². The fraction of sp³-hybridized carbons (Fsp3) is 0.353. The van der Waals surface area contributed by atoms with Crippen LogP contribution in [0.4, 0.5) is 5.69 Å². The van der Waals surface area contributed by atoms with Crippen LogP contribution in [0.3, 0.4) is 0 Å². The number of halogens is 1. The average Bonchev–Trinajstić information content (AvgIpc) is 3.19. The SMILES string of the molecule is O=C(CN1C(=O)[C@@H]2[C@H](C1=O)[C@H]1C=C[C@H]2C1)Nc1ccccc1I. The molecule has 1 aromatic rings. The van der Waals surface area contributed by atoms with Gasteiger partial charge < -0.3 is 5.32 Å². The van der Waals surface area contributed by atoms with Crippen molar-refractivity contribution in [3.05, 3.63) is 40.0 Å². The van der Waals surface area contributed by atoms with Crippen molar-refractivity contribution in [3.8, 4) is 0 Å². The molecule has 0 spiro atoms. The Morgan fingerprint density at radius 2 is 1.74 bits per heavy atom. The van der Waals surface area contributed by atoms with Crippen molar-refractivity contribution in [1.82, 2.24) is 4.90 Å². The fourth-order valence-electron chi connectivity index (χ4n) is 4.02. The second-order valence-corrected chi connectivity index (χ2v) is 7.45. The van der Waals surface area contributed by atoms with Crippen molar-refractivity contribution in [3.63, 3.8) is 0 Å². The van der Waals surface area contributed by atoms with Crippen LogP contribution in [0.2, 0.25) is 0 Å². The molecule has 23 heavy (non-hydrogen) atoms. The zero-order valence-electron chi connectivity index (χ0n) is 12.2. The van der Waals surface area contributed by atoms with Gasteiger partial charge in [0.25, 0.3) is 0 Å². The van der Waals surface area contributed by atoms with Crippen LogP contribution in [0, 0.1) is 27.2 Å². The van der Waals surface area contributed by atoms with E-state index in [1.807, 2.05) is 30.4 Å². The Bertz CT molecular complexity index is 715. The van der Waals surface area contributed by atoms with Crippen molar-refractivity contribution in [2.24, 2.45) is 23.7 Å². The first-order valence-electron chi connectivity index (χ1n) is 7.64. The lowest BCUT2D eigenvalue weighted by Gasteiger charge is -2.17. The normalized spacial score (nSPS) is 30.9. The number of carbonyl (C=O) groups is 3. The molecule has 3 aliphatic rings. The van der Waals surface area contributed by atoms with E-state index in [1.54, 1.807) is 6.07 Å². The highest BCUT2D eigenvalue weighted by Crippen LogP contribution is 2.52. The van der Waals surface area contributed by atoms with E-state index in [4.69, 9.17) is 0 Å². The summed E-state index contributed by atoms with van der Waals surface area (Å²) in [4.78, 5) is 38.4. The van der Waals surface area contributed by atoms with Gasteiger partial charge in [-0.3, -0.25) is 19.3 Å². The molecule has 1 saturated carbocycles.